The molecule has 0 saturated heterocycles. The first-order chi connectivity index (χ1) is 15.1. The molecule has 0 atom stereocenters. The van der Waals surface area contributed by atoms with Crippen LogP contribution in [0.3, 0.4) is 0 Å². The number of rotatable bonds is 7. The van der Waals surface area contributed by atoms with Crippen LogP contribution in [0.25, 0.3) is 10.9 Å². The molecule has 0 unspecified atom stereocenters. The summed E-state index contributed by atoms with van der Waals surface area (Å²) < 4.78 is 7.27. The van der Waals surface area contributed by atoms with Crippen LogP contribution in [-0.4, -0.2) is 22.1 Å². The average Bonchev–Trinajstić information content (AvgIpc) is 2.80. The predicted molar refractivity (Wildman–Crippen MR) is 121 cm³/mol. The number of fused-ring (bicyclic) bond motifs is 1. The second-order valence-electron chi connectivity index (χ2n) is 7.41. The Labute approximate surface area is 181 Å². The average molecular weight is 412 g/mol. The number of aryl methyl sites for hydroxylation is 1. The van der Waals surface area contributed by atoms with Crippen LogP contribution < -0.4 is 5.56 Å². The molecular formula is C26H24N2O3. The summed E-state index contributed by atoms with van der Waals surface area (Å²) in [5, 5.41) is 0.596. The Bertz CT molecular complexity index is 1190. The molecular weight excluding hydrogens is 388 g/mol. The molecule has 0 amide bonds. The zero-order valence-electron chi connectivity index (χ0n) is 17.4. The molecule has 0 N–H and O–H groups in total. The lowest BCUT2D eigenvalue weighted by Crippen LogP contribution is -2.25. The van der Waals surface area contributed by atoms with Crippen molar-refractivity contribution in [3.63, 3.8) is 0 Å². The topological polar surface area (TPSA) is 61.2 Å². The molecule has 4 rings (SSSR count). The molecule has 1 aromatic heterocycles. The lowest BCUT2D eigenvalue weighted by Gasteiger charge is -2.17. The zero-order chi connectivity index (χ0) is 21.6. The van der Waals surface area contributed by atoms with E-state index in [1.165, 1.54) is 0 Å². The van der Waals surface area contributed by atoms with E-state index in [4.69, 9.17) is 4.74 Å². The third-order valence-electron chi connectivity index (χ3n) is 5.32. The molecule has 4 aromatic rings. The number of carbonyl (C=O) groups excluding carboxylic acids is 1. The Morgan fingerprint density at radius 3 is 2.13 bits per heavy atom. The second kappa shape index (κ2) is 9.39. The molecule has 5 heteroatoms. The van der Waals surface area contributed by atoms with Gasteiger partial charge in [0.05, 0.1) is 17.5 Å². The molecule has 3 aromatic carbocycles. The summed E-state index contributed by atoms with van der Waals surface area (Å²) in [6, 6.07) is 26.6. The highest BCUT2D eigenvalue weighted by Crippen LogP contribution is 2.26. The van der Waals surface area contributed by atoms with Gasteiger partial charge < -0.3 is 4.74 Å². The molecule has 1 heterocycles. The first-order valence-electron chi connectivity index (χ1n) is 10.4. The number of aromatic nitrogens is 2. The first-order valence-corrected chi connectivity index (χ1v) is 10.4. The van der Waals surface area contributed by atoms with Crippen LogP contribution in [0.15, 0.2) is 89.7 Å². The van der Waals surface area contributed by atoms with E-state index < -0.39 is 5.92 Å². The van der Waals surface area contributed by atoms with E-state index in [0.29, 0.717) is 29.7 Å². The van der Waals surface area contributed by atoms with Crippen molar-refractivity contribution in [3.05, 3.63) is 112 Å². The number of nitrogens with zero attached hydrogens (tertiary/aromatic N) is 2. The Hall–Kier alpha value is -3.73. The number of hydrogen-bond donors (Lipinski definition) is 0. The van der Waals surface area contributed by atoms with Gasteiger partial charge in [-0.25, -0.2) is 4.98 Å². The van der Waals surface area contributed by atoms with Crippen LogP contribution in [0.2, 0.25) is 0 Å². The smallest absolute Gasteiger partial charge is 0.317 e. The highest BCUT2D eigenvalue weighted by molar-refractivity contribution is 5.82. The highest BCUT2D eigenvalue weighted by Gasteiger charge is 2.24. The van der Waals surface area contributed by atoms with Crippen LogP contribution >= 0.6 is 0 Å². The van der Waals surface area contributed by atoms with Crippen molar-refractivity contribution in [1.29, 1.82) is 0 Å². The number of esters is 1. The van der Waals surface area contributed by atoms with E-state index >= 15 is 0 Å². The molecule has 5 nitrogen and oxygen atoms in total. The van der Waals surface area contributed by atoms with Gasteiger partial charge in [-0.2, -0.15) is 0 Å². The lowest BCUT2D eigenvalue weighted by atomic mass is 9.91. The van der Waals surface area contributed by atoms with Crippen molar-refractivity contribution in [2.45, 2.75) is 25.8 Å². The van der Waals surface area contributed by atoms with Gasteiger partial charge in [0, 0.05) is 6.54 Å². The van der Waals surface area contributed by atoms with Gasteiger partial charge in [-0.3, -0.25) is 14.2 Å². The van der Waals surface area contributed by atoms with E-state index in [1.807, 2.05) is 85.8 Å². The van der Waals surface area contributed by atoms with Crippen LogP contribution in [0.5, 0.6) is 0 Å². The van der Waals surface area contributed by atoms with E-state index in [1.54, 1.807) is 10.6 Å². The molecule has 0 fully saturated rings. The summed E-state index contributed by atoms with van der Waals surface area (Å²) in [7, 11) is 0. The van der Waals surface area contributed by atoms with Crippen LogP contribution in [0.1, 0.15) is 29.3 Å². The van der Waals surface area contributed by atoms with E-state index in [9.17, 15) is 9.59 Å². The summed E-state index contributed by atoms with van der Waals surface area (Å²) in [6.07, 6.45) is 0.531. The normalized spacial score (nSPS) is 11.0. The van der Waals surface area contributed by atoms with Crippen molar-refractivity contribution in [3.8, 4) is 0 Å². The molecule has 0 saturated carbocycles. The number of ether oxygens (including phenoxy) is 1. The first kappa shape index (κ1) is 20.5. The largest absolute Gasteiger partial charge is 0.465 e. The van der Waals surface area contributed by atoms with Gasteiger partial charge in [0.25, 0.3) is 5.56 Å². The fourth-order valence-electron chi connectivity index (χ4n) is 3.78. The Balaban J connectivity index is 1.45. The van der Waals surface area contributed by atoms with Gasteiger partial charge in [-0.1, -0.05) is 72.8 Å². The van der Waals surface area contributed by atoms with Crippen LogP contribution in [0.4, 0.5) is 0 Å². The van der Waals surface area contributed by atoms with Gasteiger partial charge in [-0.05, 0) is 36.6 Å². The van der Waals surface area contributed by atoms with Gasteiger partial charge in [0.15, 0.2) is 0 Å². The summed E-state index contributed by atoms with van der Waals surface area (Å²) in [6.45, 7) is 2.49. The molecule has 0 aliphatic rings. The number of para-hydroxylation sites is 1. The number of carbonyl (C=O) groups is 1. The Kier molecular flexibility index (Phi) is 6.22. The van der Waals surface area contributed by atoms with Crippen molar-refractivity contribution in [2.75, 3.05) is 6.61 Å². The SMILES string of the molecule is Cc1nc2ccccc2c(=O)n1CCCOC(=O)C(c1ccccc1)c1ccccc1. The fourth-order valence-corrected chi connectivity index (χ4v) is 3.78. The lowest BCUT2D eigenvalue weighted by molar-refractivity contribution is -0.144. The highest BCUT2D eigenvalue weighted by atomic mass is 16.5. The molecule has 31 heavy (non-hydrogen) atoms. The van der Waals surface area contributed by atoms with E-state index in [2.05, 4.69) is 4.98 Å². The van der Waals surface area contributed by atoms with Crippen molar-refractivity contribution >= 4 is 16.9 Å². The maximum Gasteiger partial charge on any atom is 0.317 e. The summed E-state index contributed by atoms with van der Waals surface area (Å²) in [5.74, 6) is -0.117. The van der Waals surface area contributed by atoms with Gasteiger partial charge >= 0.3 is 5.97 Å². The van der Waals surface area contributed by atoms with Crippen molar-refractivity contribution in [1.82, 2.24) is 9.55 Å². The third kappa shape index (κ3) is 4.56. The molecule has 156 valence electrons. The minimum Gasteiger partial charge on any atom is -0.465 e. The van der Waals surface area contributed by atoms with Gasteiger partial charge in [0.2, 0.25) is 0 Å². The summed E-state index contributed by atoms with van der Waals surface area (Å²) in [4.78, 5) is 30.2. The maximum absolute atomic E-state index is 13.0. The minimum absolute atomic E-state index is 0.0686. The molecule has 0 radical (unpaired) electrons. The monoisotopic (exact) mass is 412 g/mol. The summed E-state index contributed by atoms with van der Waals surface area (Å²) in [5.41, 5.74) is 2.41. The maximum atomic E-state index is 13.0. The van der Waals surface area contributed by atoms with E-state index in [0.717, 1.165) is 11.1 Å². The minimum atomic E-state index is -0.478. The quantitative estimate of drug-likeness (QED) is 0.332. The third-order valence-corrected chi connectivity index (χ3v) is 5.32. The number of hydrogen-bond acceptors (Lipinski definition) is 4. The molecule has 0 aliphatic heterocycles. The summed E-state index contributed by atoms with van der Waals surface area (Å²) >= 11 is 0. The molecule has 0 spiro atoms. The predicted octanol–water partition coefficient (Wildman–Crippen LogP) is 4.47. The van der Waals surface area contributed by atoms with Gasteiger partial charge in [-0.15, -0.1) is 0 Å². The fraction of sp³-hybridized carbons (Fsp3) is 0.192. The van der Waals surface area contributed by atoms with E-state index in [-0.39, 0.29) is 18.1 Å². The Morgan fingerprint density at radius 1 is 0.903 bits per heavy atom. The van der Waals surface area contributed by atoms with Crippen molar-refractivity contribution < 1.29 is 9.53 Å². The molecule has 0 aliphatic carbocycles. The van der Waals surface area contributed by atoms with Crippen molar-refractivity contribution in [2.24, 2.45) is 0 Å². The number of benzene rings is 3. The van der Waals surface area contributed by atoms with Crippen LogP contribution in [-0.2, 0) is 16.1 Å². The standard InChI is InChI=1S/C26H24N2O3/c1-19-27-23-16-9-8-15-22(23)25(29)28(19)17-10-18-31-26(30)24(20-11-4-2-5-12-20)21-13-6-3-7-14-21/h2-9,11-16,24H,10,17-18H2,1H3. The Morgan fingerprint density at radius 2 is 1.48 bits per heavy atom. The molecule has 0 bridgehead atoms. The zero-order valence-corrected chi connectivity index (χ0v) is 17.4. The van der Waals surface area contributed by atoms with Gasteiger partial charge in [0.1, 0.15) is 11.7 Å². The van der Waals surface area contributed by atoms with Crippen LogP contribution in [0, 0.1) is 6.92 Å². The second-order valence-corrected chi connectivity index (χ2v) is 7.41.